The van der Waals surface area contributed by atoms with E-state index < -0.39 is 0 Å². The second-order valence-corrected chi connectivity index (χ2v) is 7.60. The van der Waals surface area contributed by atoms with Crippen molar-refractivity contribution < 1.29 is 4.79 Å². The number of hydrogen-bond donors (Lipinski definition) is 1. The molecule has 2 aromatic carbocycles. The molecular formula is C19H18Cl2N4OS. The Hall–Kier alpha value is -2.02. The first-order chi connectivity index (χ1) is 13.0. The van der Waals surface area contributed by atoms with Crippen molar-refractivity contribution in [1.29, 1.82) is 0 Å². The molecule has 1 amide bonds. The number of halogens is 2. The van der Waals surface area contributed by atoms with Crippen LogP contribution in [0.2, 0.25) is 10.0 Å². The molecule has 27 heavy (non-hydrogen) atoms. The summed E-state index contributed by atoms with van der Waals surface area (Å²) in [7, 11) is 1.85. The lowest BCUT2D eigenvalue weighted by atomic mass is 10.1. The van der Waals surface area contributed by atoms with Gasteiger partial charge < -0.3 is 9.88 Å². The first-order valence-electron chi connectivity index (χ1n) is 8.35. The summed E-state index contributed by atoms with van der Waals surface area (Å²) in [5, 5.41) is 12.9. The molecule has 0 bridgehead atoms. The zero-order valence-corrected chi connectivity index (χ0v) is 17.2. The largest absolute Gasteiger partial charge is 0.325 e. The Bertz CT molecular complexity index is 974. The van der Waals surface area contributed by atoms with Gasteiger partial charge in [0.05, 0.1) is 15.8 Å². The normalized spacial score (nSPS) is 10.8. The SMILES string of the molecule is CCc1ccccc1NC(=O)CSc1nnc(-c2ccc(Cl)c(Cl)c2)n1C. The third kappa shape index (κ3) is 4.64. The number of nitrogens with zero attached hydrogens (tertiary/aromatic N) is 3. The molecule has 0 radical (unpaired) electrons. The average molecular weight is 421 g/mol. The number of rotatable bonds is 6. The number of benzene rings is 2. The highest BCUT2D eigenvalue weighted by atomic mass is 35.5. The van der Waals surface area contributed by atoms with Gasteiger partial charge in [0.25, 0.3) is 0 Å². The Kier molecular flexibility index (Phi) is 6.42. The number of thioether (sulfide) groups is 1. The van der Waals surface area contributed by atoms with Crippen LogP contribution in [0.5, 0.6) is 0 Å². The monoisotopic (exact) mass is 420 g/mol. The van der Waals surface area contributed by atoms with Gasteiger partial charge in [0.1, 0.15) is 0 Å². The maximum absolute atomic E-state index is 12.3. The van der Waals surface area contributed by atoms with Gasteiger partial charge in [0.15, 0.2) is 11.0 Å². The molecule has 3 rings (SSSR count). The summed E-state index contributed by atoms with van der Waals surface area (Å²) < 4.78 is 1.83. The van der Waals surface area contributed by atoms with Crippen molar-refractivity contribution in [2.75, 3.05) is 11.1 Å². The van der Waals surface area contributed by atoms with Crippen LogP contribution < -0.4 is 5.32 Å². The molecule has 0 saturated carbocycles. The molecule has 0 aliphatic rings. The van der Waals surface area contributed by atoms with E-state index in [0.29, 0.717) is 21.0 Å². The predicted molar refractivity (Wildman–Crippen MR) is 112 cm³/mol. The van der Waals surface area contributed by atoms with Crippen molar-refractivity contribution in [3.8, 4) is 11.4 Å². The molecule has 3 aromatic rings. The first kappa shape index (κ1) is 19.7. The molecule has 0 unspecified atom stereocenters. The van der Waals surface area contributed by atoms with Gasteiger partial charge in [-0.25, -0.2) is 0 Å². The summed E-state index contributed by atoms with van der Waals surface area (Å²) in [6.07, 6.45) is 0.861. The fourth-order valence-corrected chi connectivity index (χ4v) is 3.60. The minimum absolute atomic E-state index is 0.0833. The molecule has 1 N–H and O–H groups in total. The fraction of sp³-hybridized carbons (Fsp3) is 0.211. The molecule has 1 heterocycles. The number of anilines is 1. The molecule has 5 nitrogen and oxygen atoms in total. The zero-order chi connectivity index (χ0) is 19.4. The third-order valence-electron chi connectivity index (χ3n) is 4.02. The summed E-state index contributed by atoms with van der Waals surface area (Å²) in [5.41, 5.74) is 2.77. The predicted octanol–water partition coefficient (Wildman–Crippen LogP) is 5.08. The Labute approximate surface area is 172 Å². The molecular weight excluding hydrogens is 403 g/mol. The summed E-state index contributed by atoms with van der Waals surface area (Å²) in [5.74, 6) is 0.818. The number of aryl methyl sites for hydroxylation is 1. The van der Waals surface area contributed by atoms with Crippen LogP contribution in [0.15, 0.2) is 47.6 Å². The Morgan fingerprint density at radius 3 is 2.67 bits per heavy atom. The van der Waals surface area contributed by atoms with E-state index in [1.807, 2.05) is 41.9 Å². The maximum Gasteiger partial charge on any atom is 0.234 e. The standard InChI is InChI=1S/C19H18Cl2N4OS/c1-3-12-6-4-5-7-16(12)22-17(26)11-27-19-24-23-18(25(19)2)13-8-9-14(20)15(21)10-13/h4-10H,3,11H2,1-2H3,(H,22,26). The molecule has 0 saturated heterocycles. The van der Waals surface area contributed by atoms with Crippen LogP contribution in [0, 0.1) is 0 Å². The molecule has 1 aromatic heterocycles. The van der Waals surface area contributed by atoms with E-state index >= 15 is 0 Å². The molecule has 0 aliphatic carbocycles. The van der Waals surface area contributed by atoms with Crippen molar-refractivity contribution >= 4 is 46.6 Å². The van der Waals surface area contributed by atoms with Crippen molar-refractivity contribution in [3.63, 3.8) is 0 Å². The van der Waals surface area contributed by atoms with Gasteiger partial charge in [0, 0.05) is 18.3 Å². The third-order valence-corrected chi connectivity index (χ3v) is 5.78. The van der Waals surface area contributed by atoms with Crippen molar-refractivity contribution in [2.45, 2.75) is 18.5 Å². The van der Waals surface area contributed by atoms with Crippen LogP contribution in [-0.4, -0.2) is 26.4 Å². The van der Waals surface area contributed by atoms with Gasteiger partial charge in [-0.1, -0.05) is 60.1 Å². The lowest BCUT2D eigenvalue weighted by Crippen LogP contribution is -2.15. The van der Waals surface area contributed by atoms with Crippen LogP contribution >= 0.6 is 35.0 Å². The lowest BCUT2D eigenvalue weighted by Gasteiger charge is -2.09. The van der Waals surface area contributed by atoms with Crippen molar-refractivity contribution in [2.24, 2.45) is 7.05 Å². The summed E-state index contributed by atoms with van der Waals surface area (Å²) >= 11 is 13.4. The van der Waals surface area contributed by atoms with Crippen LogP contribution in [0.1, 0.15) is 12.5 Å². The van der Waals surface area contributed by atoms with Crippen LogP contribution in [0.3, 0.4) is 0 Å². The number of hydrogen-bond acceptors (Lipinski definition) is 4. The highest BCUT2D eigenvalue weighted by molar-refractivity contribution is 7.99. The number of carbonyl (C=O) groups excluding carboxylic acids is 1. The van der Waals surface area contributed by atoms with E-state index in [2.05, 4.69) is 22.4 Å². The second kappa shape index (κ2) is 8.78. The van der Waals surface area contributed by atoms with Gasteiger partial charge >= 0.3 is 0 Å². The number of para-hydroxylation sites is 1. The number of nitrogens with one attached hydrogen (secondary N) is 1. The number of carbonyl (C=O) groups is 1. The topological polar surface area (TPSA) is 59.8 Å². The molecule has 0 aliphatic heterocycles. The Balaban J connectivity index is 1.67. The van der Waals surface area contributed by atoms with Gasteiger partial charge in [-0.3, -0.25) is 4.79 Å². The molecule has 0 spiro atoms. The van der Waals surface area contributed by atoms with Crippen LogP contribution in [0.4, 0.5) is 5.69 Å². The number of aromatic nitrogens is 3. The molecule has 0 atom stereocenters. The number of amides is 1. The fourth-order valence-electron chi connectivity index (χ4n) is 2.59. The van der Waals surface area contributed by atoms with E-state index in [4.69, 9.17) is 23.2 Å². The van der Waals surface area contributed by atoms with Crippen molar-refractivity contribution in [1.82, 2.24) is 14.8 Å². The highest BCUT2D eigenvalue weighted by Gasteiger charge is 2.14. The molecule has 8 heteroatoms. The lowest BCUT2D eigenvalue weighted by molar-refractivity contribution is -0.113. The highest BCUT2D eigenvalue weighted by Crippen LogP contribution is 2.29. The van der Waals surface area contributed by atoms with Gasteiger partial charge in [-0.05, 0) is 36.2 Å². The summed E-state index contributed by atoms with van der Waals surface area (Å²) in [4.78, 5) is 12.3. The van der Waals surface area contributed by atoms with E-state index in [1.165, 1.54) is 11.8 Å². The maximum atomic E-state index is 12.3. The zero-order valence-electron chi connectivity index (χ0n) is 14.9. The van der Waals surface area contributed by atoms with Gasteiger partial charge in [-0.2, -0.15) is 0 Å². The van der Waals surface area contributed by atoms with E-state index in [9.17, 15) is 4.79 Å². The minimum Gasteiger partial charge on any atom is -0.325 e. The van der Waals surface area contributed by atoms with E-state index in [-0.39, 0.29) is 11.7 Å². The smallest absolute Gasteiger partial charge is 0.234 e. The van der Waals surface area contributed by atoms with Gasteiger partial charge in [0.2, 0.25) is 5.91 Å². The van der Waals surface area contributed by atoms with Crippen molar-refractivity contribution in [3.05, 3.63) is 58.1 Å². The second-order valence-electron chi connectivity index (χ2n) is 5.84. The summed E-state index contributed by atoms with van der Waals surface area (Å²) in [6.45, 7) is 2.06. The Morgan fingerprint density at radius 2 is 1.93 bits per heavy atom. The Morgan fingerprint density at radius 1 is 1.15 bits per heavy atom. The quantitative estimate of drug-likeness (QED) is 0.564. The van der Waals surface area contributed by atoms with Crippen LogP contribution in [-0.2, 0) is 18.3 Å². The van der Waals surface area contributed by atoms with E-state index in [0.717, 1.165) is 23.2 Å². The van der Waals surface area contributed by atoms with E-state index in [1.54, 1.807) is 12.1 Å². The summed E-state index contributed by atoms with van der Waals surface area (Å²) in [6, 6.07) is 13.1. The molecule has 140 valence electrons. The molecule has 0 fully saturated rings. The average Bonchev–Trinajstić information content (AvgIpc) is 3.03. The van der Waals surface area contributed by atoms with Crippen LogP contribution in [0.25, 0.3) is 11.4 Å². The minimum atomic E-state index is -0.0833. The first-order valence-corrected chi connectivity index (χ1v) is 10.1. The van der Waals surface area contributed by atoms with Gasteiger partial charge in [-0.15, -0.1) is 10.2 Å².